The van der Waals surface area contributed by atoms with E-state index in [0.717, 1.165) is 0 Å². The van der Waals surface area contributed by atoms with E-state index in [4.69, 9.17) is 4.74 Å². The molecule has 0 saturated heterocycles. The molecule has 1 atom stereocenters. The van der Waals surface area contributed by atoms with Crippen LogP contribution in [0.25, 0.3) is 0 Å². The molecule has 1 rings (SSSR count). The summed E-state index contributed by atoms with van der Waals surface area (Å²) in [5, 5.41) is 12.5. The van der Waals surface area contributed by atoms with Crippen LogP contribution in [0.5, 0.6) is 0 Å². The third kappa shape index (κ3) is 4.61. The standard InChI is InChI=1S/C14H20FNO3/c1-10-5-4-6-11(12(10)15)13(17)16-9-14(2,18)7-8-19-3/h4-6,18H,7-9H2,1-3H3,(H,16,17). The Morgan fingerprint density at radius 1 is 1.53 bits per heavy atom. The van der Waals surface area contributed by atoms with Crippen molar-refractivity contribution in [3.8, 4) is 0 Å². The second-order valence-corrected chi connectivity index (χ2v) is 4.86. The number of benzene rings is 1. The van der Waals surface area contributed by atoms with E-state index in [0.29, 0.717) is 18.6 Å². The van der Waals surface area contributed by atoms with E-state index in [2.05, 4.69) is 5.32 Å². The third-order valence-corrected chi connectivity index (χ3v) is 2.91. The molecule has 2 N–H and O–H groups in total. The molecular formula is C14H20FNO3. The molecule has 0 bridgehead atoms. The Kier molecular flexibility index (Phi) is 5.44. The topological polar surface area (TPSA) is 58.6 Å². The highest BCUT2D eigenvalue weighted by molar-refractivity contribution is 5.94. The maximum Gasteiger partial charge on any atom is 0.254 e. The molecule has 0 aliphatic rings. The fourth-order valence-electron chi connectivity index (χ4n) is 1.60. The first-order chi connectivity index (χ1) is 8.87. The van der Waals surface area contributed by atoms with Crippen molar-refractivity contribution in [1.82, 2.24) is 5.32 Å². The van der Waals surface area contributed by atoms with Gasteiger partial charge in [-0.3, -0.25) is 4.79 Å². The molecule has 0 aliphatic heterocycles. The molecule has 0 radical (unpaired) electrons. The summed E-state index contributed by atoms with van der Waals surface area (Å²) in [6.07, 6.45) is 0.389. The average Bonchev–Trinajstić information content (AvgIpc) is 2.37. The Hall–Kier alpha value is -1.46. The molecule has 0 heterocycles. The monoisotopic (exact) mass is 269 g/mol. The molecule has 4 nitrogen and oxygen atoms in total. The van der Waals surface area contributed by atoms with Crippen molar-refractivity contribution in [2.75, 3.05) is 20.3 Å². The molecule has 0 spiro atoms. The second-order valence-electron chi connectivity index (χ2n) is 4.86. The Labute approximate surface area is 112 Å². The number of methoxy groups -OCH3 is 1. The molecule has 0 aromatic heterocycles. The Morgan fingerprint density at radius 2 is 2.21 bits per heavy atom. The minimum Gasteiger partial charge on any atom is -0.388 e. The molecule has 1 aromatic carbocycles. The summed E-state index contributed by atoms with van der Waals surface area (Å²) in [6, 6.07) is 4.64. The summed E-state index contributed by atoms with van der Waals surface area (Å²) in [6.45, 7) is 3.63. The van der Waals surface area contributed by atoms with Crippen LogP contribution in [-0.4, -0.2) is 36.9 Å². The van der Waals surface area contributed by atoms with Gasteiger partial charge in [-0.1, -0.05) is 12.1 Å². The molecule has 106 valence electrons. The second kappa shape index (κ2) is 6.63. The summed E-state index contributed by atoms with van der Waals surface area (Å²) in [4.78, 5) is 11.8. The van der Waals surface area contributed by atoms with E-state index in [9.17, 15) is 14.3 Å². The van der Waals surface area contributed by atoms with Crippen molar-refractivity contribution in [3.05, 3.63) is 35.1 Å². The van der Waals surface area contributed by atoms with Crippen LogP contribution in [0, 0.1) is 12.7 Å². The van der Waals surface area contributed by atoms with Crippen molar-refractivity contribution < 1.29 is 19.0 Å². The SMILES string of the molecule is COCCC(C)(O)CNC(=O)c1cccc(C)c1F. The number of rotatable bonds is 6. The predicted octanol–water partition coefficient (Wildman–Crippen LogP) is 1.65. The largest absolute Gasteiger partial charge is 0.388 e. The highest BCUT2D eigenvalue weighted by Crippen LogP contribution is 2.13. The number of aliphatic hydroxyl groups is 1. The number of carbonyl (C=O) groups is 1. The van der Waals surface area contributed by atoms with Gasteiger partial charge in [-0.2, -0.15) is 0 Å². The molecule has 5 heteroatoms. The highest BCUT2D eigenvalue weighted by atomic mass is 19.1. The van der Waals surface area contributed by atoms with Gasteiger partial charge in [0.15, 0.2) is 0 Å². The fraction of sp³-hybridized carbons (Fsp3) is 0.500. The molecule has 0 saturated carbocycles. The van der Waals surface area contributed by atoms with Crippen LogP contribution in [0.4, 0.5) is 4.39 Å². The lowest BCUT2D eigenvalue weighted by molar-refractivity contribution is 0.0243. The van der Waals surface area contributed by atoms with E-state index < -0.39 is 17.3 Å². The minimum absolute atomic E-state index is 0.0115. The van der Waals surface area contributed by atoms with Crippen molar-refractivity contribution in [2.24, 2.45) is 0 Å². The van der Waals surface area contributed by atoms with Crippen LogP contribution in [0.1, 0.15) is 29.3 Å². The van der Waals surface area contributed by atoms with E-state index >= 15 is 0 Å². The van der Waals surface area contributed by atoms with E-state index in [1.807, 2.05) is 0 Å². The van der Waals surface area contributed by atoms with Crippen LogP contribution in [0.3, 0.4) is 0 Å². The number of nitrogens with one attached hydrogen (secondary N) is 1. The zero-order valence-corrected chi connectivity index (χ0v) is 11.5. The van der Waals surface area contributed by atoms with Gasteiger partial charge in [-0.25, -0.2) is 4.39 Å². The van der Waals surface area contributed by atoms with Crippen LogP contribution in [0.15, 0.2) is 18.2 Å². The molecular weight excluding hydrogens is 249 g/mol. The van der Waals surface area contributed by atoms with Crippen molar-refractivity contribution in [1.29, 1.82) is 0 Å². The number of hydrogen-bond donors (Lipinski definition) is 2. The molecule has 1 amide bonds. The normalized spacial score (nSPS) is 13.9. The average molecular weight is 269 g/mol. The number of amides is 1. The van der Waals surface area contributed by atoms with E-state index in [1.54, 1.807) is 26.0 Å². The zero-order valence-electron chi connectivity index (χ0n) is 11.5. The third-order valence-electron chi connectivity index (χ3n) is 2.91. The lowest BCUT2D eigenvalue weighted by Crippen LogP contribution is -2.41. The maximum absolute atomic E-state index is 13.7. The van der Waals surface area contributed by atoms with Crippen LogP contribution < -0.4 is 5.32 Å². The Morgan fingerprint density at radius 3 is 2.84 bits per heavy atom. The highest BCUT2D eigenvalue weighted by Gasteiger charge is 2.22. The molecule has 1 aromatic rings. The summed E-state index contributed by atoms with van der Waals surface area (Å²) < 4.78 is 18.6. The fourth-order valence-corrected chi connectivity index (χ4v) is 1.60. The summed E-state index contributed by atoms with van der Waals surface area (Å²) in [5.41, 5.74) is -0.673. The van der Waals surface area contributed by atoms with Crippen LogP contribution in [-0.2, 0) is 4.74 Å². The van der Waals surface area contributed by atoms with Gasteiger partial charge in [-0.15, -0.1) is 0 Å². The number of halogens is 1. The van der Waals surface area contributed by atoms with Gasteiger partial charge in [-0.05, 0) is 25.5 Å². The van der Waals surface area contributed by atoms with Crippen LogP contribution in [0.2, 0.25) is 0 Å². The molecule has 1 unspecified atom stereocenters. The van der Waals surface area contributed by atoms with Crippen LogP contribution >= 0.6 is 0 Å². The zero-order chi connectivity index (χ0) is 14.5. The first-order valence-electron chi connectivity index (χ1n) is 6.12. The lowest BCUT2D eigenvalue weighted by atomic mass is 10.0. The van der Waals surface area contributed by atoms with Gasteiger partial charge in [0.25, 0.3) is 5.91 Å². The quantitative estimate of drug-likeness (QED) is 0.825. The number of ether oxygens (including phenoxy) is 1. The van der Waals surface area contributed by atoms with Gasteiger partial charge >= 0.3 is 0 Å². The first kappa shape index (κ1) is 15.6. The van der Waals surface area contributed by atoms with Gasteiger partial charge in [0.05, 0.1) is 11.2 Å². The minimum atomic E-state index is -1.08. The van der Waals surface area contributed by atoms with Crippen molar-refractivity contribution in [3.63, 3.8) is 0 Å². The predicted molar refractivity (Wildman–Crippen MR) is 70.6 cm³/mol. The van der Waals surface area contributed by atoms with Gasteiger partial charge in [0, 0.05) is 26.7 Å². The number of hydrogen-bond acceptors (Lipinski definition) is 3. The molecule has 19 heavy (non-hydrogen) atoms. The molecule has 0 fully saturated rings. The maximum atomic E-state index is 13.7. The summed E-state index contributed by atoms with van der Waals surface area (Å²) in [5.74, 6) is -1.06. The number of carbonyl (C=O) groups excluding carboxylic acids is 1. The van der Waals surface area contributed by atoms with Gasteiger partial charge in [0.1, 0.15) is 5.82 Å². The Bertz CT molecular complexity index is 446. The number of aryl methyl sites for hydroxylation is 1. The summed E-state index contributed by atoms with van der Waals surface area (Å²) in [7, 11) is 1.54. The van der Waals surface area contributed by atoms with Gasteiger partial charge < -0.3 is 15.2 Å². The lowest BCUT2D eigenvalue weighted by Gasteiger charge is -2.23. The molecule has 0 aliphatic carbocycles. The van der Waals surface area contributed by atoms with E-state index in [-0.39, 0.29) is 12.1 Å². The Balaban J connectivity index is 2.63. The van der Waals surface area contributed by atoms with E-state index in [1.165, 1.54) is 13.2 Å². The first-order valence-corrected chi connectivity index (χ1v) is 6.12. The summed E-state index contributed by atoms with van der Waals surface area (Å²) >= 11 is 0. The van der Waals surface area contributed by atoms with Crippen molar-refractivity contribution in [2.45, 2.75) is 25.9 Å². The smallest absolute Gasteiger partial charge is 0.254 e. The van der Waals surface area contributed by atoms with Crippen molar-refractivity contribution >= 4 is 5.91 Å². The van der Waals surface area contributed by atoms with Gasteiger partial charge in [0.2, 0.25) is 0 Å².